The normalized spacial score (nSPS) is 10.9. The first-order valence-electron chi connectivity index (χ1n) is 5.77. The minimum atomic E-state index is -0.699. The number of benzene rings is 2. The molecule has 0 saturated heterocycles. The van der Waals surface area contributed by atoms with E-state index in [-0.39, 0.29) is 10.9 Å². The molecular weight excluding hydrogens is 283 g/mol. The van der Waals surface area contributed by atoms with E-state index in [1.165, 1.54) is 18.2 Å². The molecule has 4 nitrogen and oxygen atoms in total. The van der Waals surface area contributed by atoms with Gasteiger partial charge in [-0.15, -0.1) is 0 Å². The molecule has 0 aliphatic heterocycles. The van der Waals surface area contributed by atoms with Crippen LogP contribution < -0.4 is 11.2 Å². The van der Waals surface area contributed by atoms with Crippen LogP contribution in [0.3, 0.4) is 0 Å². The van der Waals surface area contributed by atoms with Crippen molar-refractivity contribution in [1.82, 2.24) is 9.55 Å². The van der Waals surface area contributed by atoms with Gasteiger partial charge < -0.3 is 4.98 Å². The van der Waals surface area contributed by atoms with Crippen molar-refractivity contribution in [3.05, 3.63) is 74.1 Å². The molecule has 0 aliphatic rings. The van der Waals surface area contributed by atoms with E-state index in [1.54, 1.807) is 24.3 Å². The Hall–Kier alpha value is -2.40. The lowest BCUT2D eigenvalue weighted by atomic mass is 10.2. The third kappa shape index (κ3) is 1.92. The largest absolute Gasteiger partial charge is 0.333 e. The van der Waals surface area contributed by atoms with Crippen molar-refractivity contribution in [1.29, 1.82) is 0 Å². The van der Waals surface area contributed by atoms with Gasteiger partial charge in [-0.05, 0) is 36.4 Å². The highest BCUT2D eigenvalue weighted by molar-refractivity contribution is 6.30. The van der Waals surface area contributed by atoms with Crippen molar-refractivity contribution in [2.45, 2.75) is 0 Å². The zero-order valence-corrected chi connectivity index (χ0v) is 10.8. The Bertz CT molecular complexity index is 913. The summed E-state index contributed by atoms with van der Waals surface area (Å²) in [6.07, 6.45) is 0. The Labute approximate surface area is 117 Å². The third-order valence-electron chi connectivity index (χ3n) is 2.97. The number of hydrogen-bond donors (Lipinski definition) is 1. The van der Waals surface area contributed by atoms with Crippen molar-refractivity contribution in [2.75, 3.05) is 0 Å². The van der Waals surface area contributed by atoms with Crippen molar-refractivity contribution in [3.63, 3.8) is 0 Å². The highest BCUT2D eigenvalue weighted by atomic mass is 35.5. The van der Waals surface area contributed by atoms with Gasteiger partial charge >= 0.3 is 5.69 Å². The maximum absolute atomic E-state index is 13.6. The Kier molecular flexibility index (Phi) is 2.91. The fourth-order valence-corrected chi connectivity index (χ4v) is 2.16. The van der Waals surface area contributed by atoms with Gasteiger partial charge in [0.25, 0.3) is 5.56 Å². The van der Waals surface area contributed by atoms with Gasteiger partial charge in [0.1, 0.15) is 5.82 Å². The molecule has 0 unspecified atom stereocenters. The monoisotopic (exact) mass is 290 g/mol. The Morgan fingerprint density at radius 1 is 1.05 bits per heavy atom. The molecule has 1 aromatic heterocycles. The van der Waals surface area contributed by atoms with Gasteiger partial charge in [0.15, 0.2) is 0 Å². The van der Waals surface area contributed by atoms with Crippen LogP contribution in [-0.4, -0.2) is 9.55 Å². The summed E-state index contributed by atoms with van der Waals surface area (Å²) in [5.41, 5.74) is -1.000. The van der Waals surface area contributed by atoms with Crippen LogP contribution in [-0.2, 0) is 0 Å². The molecule has 3 aromatic rings. The SMILES string of the molecule is O=c1[nH]c2c(F)cccc2c(=O)n1-c1ccc(Cl)cc1. The fourth-order valence-electron chi connectivity index (χ4n) is 2.03. The Balaban J connectivity index is 2.41. The fraction of sp³-hybridized carbons (Fsp3) is 0. The molecule has 1 heterocycles. The molecule has 0 saturated carbocycles. The van der Waals surface area contributed by atoms with E-state index in [0.717, 1.165) is 4.57 Å². The standard InChI is InChI=1S/C14H8ClFN2O2/c15-8-4-6-9(7-5-8)18-13(19)10-2-1-3-11(16)12(10)17-14(18)20/h1-7H,(H,17,20). The number of hydrogen-bond acceptors (Lipinski definition) is 2. The number of nitrogens with zero attached hydrogens (tertiary/aromatic N) is 1. The first-order valence-corrected chi connectivity index (χ1v) is 6.15. The lowest BCUT2D eigenvalue weighted by Gasteiger charge is -2.06. The van der Waals surface area contributed by atoms with Gasteiger partial charge in [-0.1, -0.05) is 17.7 Å². The highest BCUT2D eigenvalue weighted by Crippen LogP contribution is 2.13. The second kappa shape index (κ2) is 4.61. The molecule has 2 aromatic carbocycles. The summed E-state index contributed by atoms with van der Waals surface area (Å²) in [7, 11) is 0. The predicted octanol–water partition coefficient (Wildman–Crippen LogP) is 2.47. The third-order valence-corrected chi connectivity index (χ3v) is 3.22. The highest BCUT2D eigenvalue weighted by Gasteiger charge is 2.11. The summed E-state index contributed by atoms with van der Waals surface area (Å²) >= 11 is 5.77. The Morgan fingerprint density at radius 3 is 2.45 bits per heavy atom. The van der Waals surface area contributed by atoms with E-state index in [2.05, 4.69) is 4.98 Å². The van der Waals surface area contributed by atoms with Crippen LogP contribution in [0.25, 0.3) is 16.6 Å². The first-order chi connectivity index (χ1) is 9.58. The summed E-state index contributed by atoms with van der Waals surface area (Å²) in [5, 5.41) is 0.601. The summed E-state index contributed by atoms with van der Waals surface area (Å²) < 4.78 is 14.5. The van der Waals surface area contributed by atoms with Crippen LogP contribution in [0, 0.1) is 5.82 Å². The van der Waals surface area contributed by atoms with E-state index in [9.17, 15) is 14.0 Å². The molecule has 3 rings (SSSR count). The van der Waals surface area contributed by atoms with Gasteiger partial charge in [-0.2, -0.15) is 0 Å². The van der Waals surface area contributed by atoms with E-state index in [4.69, 9.17) is 11.6 Å². The second-order valence-corrected chi connectivity index (χ2v) is 4.65. The van der Waals surface area contributed by atoms with Crippen LogP contribution in [0.1, 0.15) is 0 Å². The molecule has 6 heteroatoms. The minimum Gasteiger partial charge on any atom is -0.304 e. The lowest BCUT2D eigenvalue weighted by Crippen LogP contribution is -2.33. The topological polar surface area (TPSA) is 54.9 Å². The van der Waals surface area contributed by atoms with E-state index in [1.807, 2.05) is 0 Å². The summed E-state index contributed by atoms with van der Waals surface area (Å²) in [4.78, 5) is 26.7. The van der Waals surface area contributed by atoms with Crippen molar-refractivity contribution in [2.24, 2.45) is 0 Å². The number of fused-ring (bicyclic) bond motifs is 1. The molecule has 0 bridgehead atoms. The average molecular weight is 291 g/mol. The quantitative estimate of drug-likeness (QED) is 0.748. The zero-order valence-electron chi connectivity index (χ0n) is 10.1. The maximum Gasteiger partial charge on any atom is 0.333 e. The number of rotatable bonds is 1. The molecule has 0 amide bonds. The Morgan fingerprint density at radius 2 is 1.75 bits per heavy atom. The number of halogens is 2. The molecule has 0 fully saturated rings. The van der Waals surface area contributed by atoms with Crippen molar-refractivity contribution >= 4 is 22.5 Å². The number of para-hydroxylation sites is 1. The van der Waals surface area contributed by atoms with Gasteiger partial charge in [-0.3, -0.25) is 4.79 Å². The van der Waals surface area contributed by atoms with Gasteiger partial charge in [0.2, 0.25) is 0 Å². The van der Waals surface area contributed by atoms with E-state index >= 15 is 0 Å². The van der Waals surface area contributed by atoms with Gasteiger partial charge in [0, 0.05) is 5.02 Å². The number of aromatic nitrogens is 2. The maximum atomic E-state index is 13.6. The smallest absolute Gasteiger partial charge is 0.304 e. The van der Waals surface area contributed by atoms with Crippen LogP contribution in [0.2, 0.25) is 5.02 Å². The molecule has 0 aliphatic carbocycles. The number of nitrogens with one attached hydrogen (secondary N) is 1. The van der Waals surface area contributed by atoms with Crippen LogP contribution >= 0.6 is 11.6 Å². The molecule has 100 valence electrons. The predicted molar refractivity (Wildman–Crippen MR) is 75.1 cm³/mol. The number of H-pyrrole nitrogens is 1. The molecule has 0 radical (unpaired) electrons. The van der Waals surface area contributed by atoms with Crippen LogP contribution in [0.15, 0.2) is 52.1 Å². The van der Waals surface area contributed by atoms with Crippen molar-refractivity contribution in [3.8, 4) is 5.69 Å². The summed E-state index contributed by atoms with van der Waals surface area (Å²) in [6.45, 7) is 0. The first kappa shape index (κ1) is 12.6. The molecule has 0 spiro atoms. The summed E-state index contributed by atoms with van der Waals surface area (Å²) in [5.74, 6) is -0.639. The van der Waals surface area contributed by atoms with Gasteiger partial charge in [-0.25, -0.2) is 13.8 Å². The van der Waals surface area contributed by atoms with Gasteiger partial charge in [0.05, 0.1) is 16.6 Å². The average Bonchev–Trinajstić information content (AvgIpc) is 2.42. The number of aromatic amines is 1. The van der Waals surface area contributed by atoms with E-state index < -0.39 is 17.1 Å². The summed E-state index contributed by atoms with van der Waals surface area (Å²) in [6, 6.07) is 10.3. The second-order valence-electron chi connectivity index (χ2n) is 4.21. The van der Waals surface area contributed by atoms with E-state index in [0.29, 0.717) is 10.7 Å². The molecule has 1 N–H and O–H groups in total. The minimum absolute atomic E-state index is 0.0901. The van der Waals surface area contributed by atoms with Crippen LogP contribution in [0.4, 0.5) is 4.39 Å². The molecule has 0 atom stereocenters. The lowest BCUT2D eigenvalue weighted by molar-refractivity contribution is 0.635. The zero-order chi connectivity index (χ0) is 14.3. The molecular formula is C14H8ClFN2O2. The van der Waals surface area contributed by atoms with Crippen LogP contribution in [0.5, 0.6) is 0 Å². The van der Waals surface area contributed by atoms with Crippen molar-refractivity contribution < 1.29 is 4.39 Å². The molecule has 20 heavy (non-hydrogen) atoms.